The molecule has 34 heavy (non-hydrogen) atoms. The fourth-order valence-electron chi connectivity index (χ4n) is 5.58. The second-order valence-corrected chi connectivity index (χ2v) is 11.7. The second kappa shape index (κ2) is 7.87. The van der Waals surface area contributed by atoms with Crippen LogP contribution < -0.4 is 9.72 Å². The molecule has 0 unspecified atom stereocenters. The van der Waals surface area contributed by atoms with Crippen molar-refractivity contribution < 1.29 is 4.40 Å². The third-order valence-corrected chi connectivity index (χ3v) is 6.52. The van der Waals surface area contributed by atoms with Crippen LogP contribution in [0.5, 0.6) is 0 Å². The third-order valence-electron chi connectivity index (χ3n) is 6.52. The minimum Gasteiger partial charge on any atom is -0.297 e. The summed E-state index contributed by atoms with van der Waals surface area (Å²) in [5, 5.41) is 6.50. The van der Waals surface area contributed by atoms with Crippen LogP contribution in [-0.2, 0) is 0 Å². The number of aryl methyl sites for hydroxylation is 2. The van der Waals surface area contributed by atoms with Gasteiger partial charge in [0, 0.05) is 17.0 Å². The zero-order chi connectivity index (χ0) is 24.3. The topological polar surface area (TPSA) is 20.5 Å². The first kappa shape index (κ1) is 22.5. The summed E-state index contributed by atoms with van der Waals surface area (Å²) < 4.78 is 4.78. The number of pyridine rings is 2. The Morgan fingerprint density at radius 2 is 1.50 bits per heavy atom. The first-order valence-electron chi connectivity index (χ1n) is 12.3. The molecule has 5 rings (SSSR count). The Balaban J connectivity index is 1.91. The lowest BCUT2D eigenvalue weighted by Gasteiger charge is -2.31. The minimum atomic E-state index is -0.0786. The van der Waals surface area contributed by atoms with E-state index in [1.54, 1.807) is 0 Å². The first-order chi connectivity index (χ1) is 16.0. The Kier molecular flexibility index (Phi) is 5.20. The van der Waals surface area contributed by atoms with Crippen molar-refractivity contribution >= 4 is 27.8 Å². The van der Waals surface area contributed by atoms with Gasteiger partial charge in [0.25, 0.3) is 5.82 Å². The molecular weight excluding hydrogens is 414 g/mol. The van der Waals surface area contributed by atoms with Crippen LogP contribution in [-0.4, -0.2) is 9.94 Å². The van der Waals surface area contributed by atoms with Gasteiger partial charge in [0.1, 0.15) is 5.69 Å². The highest BCUT2D eigenvalue weighted by atomic mass is 15.2. The number of hydrogen-bond donors (Lipinski definition) is 1. The number of nitrogens with one attached hydrogen (secondary N) is 1. The van der Waals surface area contributed by atoms with Crippen molar-refractivity contribution in [2.75, 3.05) is 5.32 Å². The summed E-state index contributed by atoms with van der Waals surface area (Å²) in [6, 6.07) is 24.4. The summed E-state index contributed by atoms with van der Waals surface area (Å²) in [5.74, 6) is 1.15. The third kappa shape index (κ3) is 4.04. The zero-order valence-electron chi connectivity index (χ0n) is 21.5. The normalized spacial score (nSPS) is 12.7. The molecule has 3 aromatic heterocycles. The highest BCUT2D eigenvalue weighted by Crippen LogP contribution is 2.36. The van der Waals surface area contributed by atoms with Crippen molar-refractivity contribution in [2.24, 2.45) is 5.41 Å². The predicted molar refractivity (Wildman–Crippen MR) is 145 cm³/mol. The summed E-state index contributed by atoms with van der Waals surface area (Å²) in [7, 11) is 0. The number of rotatable bonds is 4. The van der Waals surface area contributed by atoms with Crippen LogP contribution in [0.4, 0.5) is 5.82 Å². The van der Waals surface area contributed by atoms with E-state index in [2.05, 4.69) is 136 Å². The van der Waals surface area contributed by atoms with Gasteiger partial charge in [-0.2, -0.15) is 0 Å². The summed E-state index contributed by atoms with van der Waals surface area (Å²) in [6.07, 6.45) is 3.31. The molecule has 174 valence electrons. The van der Waals surface area contributed by atoms with Gasteiger partial charge in [-0.15, -0.1) is 0 Å². The maximum atomic E-state index is 3.99. The molecule has 3 nitrogen and oxygen atoms in total. The number of imidazole rings is 1. The van der Waals surface area contributed by atoms with Gasteiger partial charge >= 0.3 is 0 Å². The van der Waals surface area contributed by atoms with Gasteiger partial charge in [0.15, 0.2) is 5.52 Å². The van der Waals surface area contributed by atoms with E-state index in [0.29, 0.717) is 0 Å². The summed E-state index contributed by atoms with van der Waals surface area (Å²) in [5.41, 5.74) is 7.47. The molecule has 0 saturated carbocycles. The van der Waals surface area contributed by atoms with E-state index >= 15 is 0 Å². The zero-order valence-corrected chi connectivity index (χ0v) is 21.5. The number of anilines is 1. The van der Waals surface area contributed by atoms with E-state index in [9.17, 15) is 0 Å². The lowest BCUT2D eigenvalue weighted by molar-refractivity contribution is -0.495. The molecule has 0 amide bonds. The van der Waals surface area contributed by atoms with E-state index in [4.69, 9.17) is 0 Å². The molecule has 0 aliphatic rings. The van der Waals surface area contributed by atoms with Crippen molar-refractivity contribution in [3.05, 3.63) is 84.1 Å². The number of fused-ring (bicyclic) bond motifs is 5. The Bertz CT molecular complexity index is 1510. The number of aromatic nitrogens is 2. The van der Waals surface area contributed by atoms with Crippen LogP contribution in [0.1, 0.15) is 52.2 Å². The molecule has 0 radical (unpaired) electrons. The van der Waals surface area contributed by atoms with Gasteiger partial charge in [0.05, 0.1) is 11.7 Å². The Labute approximate surface area is 203 Å². The molecule has 3 heterocycles. The van der Waals surface area contributed by atoms with Crippen LogP contribution in [0, 0.1) is 19.3 Å². The van der Waals surface area contributed by atoms with Gasteiger partial charge < -0.3 is 0 Å². The molecule has 1 N–H and O–H groups in total. The molecule has 3 heteroatoms. The second-order valence-electron chi connectivity index (χ2n) is 11.7. The maximum absolute atomic E-state index is 3.99. The molecular formula is C31H36N3+. The highest BCUT2D eigenvalue weighted by Gasteiger charge is 2.33. The molecule has 2 aromatic carbocycles. The SMILES string of the molecule is Cc1ccc(-c2cc3ccccc3c3c(NC(C)(C)CC(C)(C)C)[n+]4cc(C)ccc4n23)cc1. The lowest BCUT2D eigenvalue weighted by atomic mass is 9.82. The van der Waals surface area contributed by atoms with Crippen LogP contribution in [0.2, 0.25) is 0 Å². The quantitative estimate of drug-likeness (QED) is 0.278. The molecule has 0 fully saturated rings. The summed E-state index contributed by atoms with van der Waals surface area (Å²) >= 11 is 0. The average molecular weight is 451 g/mol. The van der Waals surface area contributed by atoms with Gasteiger partial charge in [-0.1, -0.05) is 74.9 Å². The summed E-state index contributed by atoms with van der Waals surface area (Å²) in [6.45, 7) is 15.9. The smallest absolute Gasteiger partial charge is 0.267 e. The van der Waals surface area contributed by atoms with Crippen molar-refractivity contribution in [3.63, 3.8) is 0 Å². The van der Waals surface area contributed by atoms with Crippen LogP contribution >= 0.6 is 0 Å². The fourth-order valence-corrected chi connectivity index (χ4v) is 5.58. The lowest BCUT2D eigenvalue weighted by Crippen LogP contribution is -2.39. The van der Waals surface area contributed by atoms with E-state index in [1.807, 2.05) is 0 Å². The Morgan fingerprint density at radius 3 is 2.21 bits per heavy atom. The monoisotopic (exact) mass is 450 g/mol. The van der Waals surface area contributed by atoms with Crippen molar-refractivity contribution in [1.29, 1.82) is 0 Å². The van der Waals surface area contributed by atoms with Crippen molar-refractivity contribution in [2.45, 2.75) is 60.4 Å². The number of nitrogens with zero attached hydrogens (tertiary/aromatic N) is 2. The minimum absolute atomic E-state index is 0.0786. The number of benzene rings is 2. The number of hydrogen-bond acceptors (Lipinski definition) is 1. The fraction of sp³-hybridized carbons (Fsp3) is 0.323. The first-order valence-corrected chi connectivity index (χ1v) is 12.3. The molecule has 0 aliphatic heterocycles. The van der Waals surface area contributed by atoms with E-state index in [0.717, 1.165) is 17.9 Å². The van der Waals surface area contributed by atoms with E-state index in [1.165, 1.54) is 38.7 Å². The Morgan fingerprint density at radius 1 is 0.824 bits per heavy atom. The standard InChI is InChI=1S/C31H36N3/c1-21-12-15-23(16-13-21)26-18-24-10-8-9-11-25(24)28-29(32-31(6,7)20-30(3,4)5)33-19-22(2)14-17-27(33)34(26)28/h8-19,32H,20H2,1-7H3/q+1. The summed E-state index contributed by atoms with van der Waals surface area (Å²) in [4.78, 5) is 0. The van der Waals surface area contributed by atoms with Crippen molar-refractivity contribution in [1.82, 2.24) is 4.40 Å². The predicted octanol–water partition coefficient (Wildman–Crippen LogP) is 7.74. The molecule has 0 saturated heterocycles. The van der Waals surface area contributed by atoms with Gasteiger partial charge in [-0.3, -0.25) is 5.32 Å². The Hall–Kier alpha value is -3.33. The van der Waals surface area contributed by atoms with E-state index in [-0.39, 0.29) is 11.0 Å². The van der Waals surface area contributed by atoms with E-state index < -0.39 is 0 Å². The van der Waals surface area contributed by atoms with Gasteiger partial charge in [0.2, 0.25) is 5.65 Å². The van der Waals surface area contributed by atoms with Gasteiger partial charge in [-0.25, -0.2) is 8.80 Å². The van der Waals surface area contributed by atoms with Crippen LogP contribution in [0.25, 0.3) is 33.2 Å². The molecule has 0 aliphatic carbocycles. The molecule has 0 spiro atoms. The van der Waals surface area contributed by atoms with Gasteiger partial charge in [-0.05, 0) is 62.6 Å². The van der Waals surface area contributed by atoms with Crippen LogP contribution in [0.15, 0.2) is 72.9 Å². The van der Waals surface area contributed by atoms with Crippen LogP contribution in [0.3, 0.4) is 0 Å². The van der Waals surface area contributed by atoms with Crippen molar-refractivity contribution in [3.8, 4) is 11.3 Å². The molecule has 5 aromatic rings. The maximum Gasteiger partial charge on any atom is 0.267 e. The largest absolute Gasteiger partial charge is 0.297 e. The molecule has 0 bridgehead atoms. The average Bonchev–Trinajstić information content (AvgIpc) is 3.05. The molecule has 0 atom stereocenters. The highest BCUT2D eigenvalue weighted by molar-refractivity contribution is 6.03.